The second-order valence-electron chi connectivity index (χ2n) is 7.34. The van der Waals surface area contributed by atoms with Crippen molar-refractivity contribution in [2.45, 2.75) is 60.3 Å². The molecule has 0 unspecified atom stereocenters. The summed E-state index contributed by atoms with van der Waals surface area (Å²) in [5.74, 6) is 0.250. The highest BCUT2D eigenvalue weighted by molar-refractivity contribution is 6.04. The lowest BCUT2D eigenvalue weighted by Crippen LogP contribution is -2.16. The third-order valence-corrected chi connectivity index (χ3v) is 4.01. The number of ether oxygens (including phenoxy) is 2. The monoisotopic (exact) mass is 348 g/mol. The van der Waals surface area contributed by atoms with Crippen LogP contribution in [-0.4, -0.2) is 25.2 Å². The summed E-state index contributed by atoms with van der Waals surface area (Å²) >= 11 is 0. The van der Waals surface area contributed by atoms with Crippen LogP contribution in [-0.2, 0) is 9.47 Å². The third kappa shape index (κ3) is 7.72. The second-order valence-corrected chi connectivity index (χ2v) is 7.34. The highest BCUT2D eigenvalue weighted by atomic mass is 16.5. The molecule has 1 aromatic carbocycles. The number of carbonyl (C=O) groups excluding carboxylic acids is 2. The molecule has 0 aromatic heterocycles. The van der Waals surface area contributed by atoms with Crippen molar-refractivity contribution < 1.29 is 19.1 Å². The molecule has 0 heterocycles. The molecule has 0 bridgehead atoms. The van der Waals surface area contributed by atoms with Crippen LogP contribution in [0.25, 0.3) is 0 Å². The van der Waals surface area contributed by atoms with Crippen LogP contribution >= 0.6 is 0 Å². The normalized spacial score (nSPS) is 11.0. The van der Waals surface area contributed by atoms with Gasteiger partial charge in [0, 0.05) is 0 Å². The van der Waals surface area contributed by atoms with E-state index < -0.39 is 11.9 Å². The summed E-state index contributed by atoms with van der Waals surface area (Å²) in [5, 5.41) is 0. The molecule has 140 valence electrons. The Bertz CT molecular complexity index is 561. The van der Waals surface area contributed by atoms with E-state index in [-0.39, 0.29) is 0 Å². The van der Waals surface area contributed by atoms with Gasteiger partial charge >= 0.3 is 11.9 Å². The minimum Gasteiger partial charge on any atom is -0.462 e. The smallest absolute Gasteiger partial charge is 0.339 e. The van der Waals surface area contributed by atoms with Crippen LogP contribution < -0.4 is 0 Å². The molecule has 4 heteroatoms. The molecule has 0 aliphatic carbocycles. The molecule has 0 fully saturated rings. The van der Waals surface area contributed by atoms with Gasteiger partial charge in [0.1, 0.15) is 0 Å². The van der Waals surface area contributed by atoms with Crippen LogP contribution in [0.15, 0.2) is 18.2 Å². The summed E-state index contributed by atoms with van der Waals surface area (Å²) in [6, 6.07) is 5.19. The first-order chi connectivity index (χ1) is 11.8. The summed E-state index contributed by atoms with van der Waals surface area (Å²) < 4.78 is 10.7. The molecule has 25 heavy (non-hydrogen) atoms. The van der Waals surface area contributed by atoms with Crippen LogP contribution in [0.4, 0.5) is 0 Å². The Morgan fingerprint density at radius 1 is 0.880 bits per heavy atom. The minimum atomic E-state index is -0.457. The predicted molar refractivity (Wildman–Crippen MR) is 99.9 cm³/mol. The molecule has 0 spiro atoms. The van der Waals surface area contributed by atoms with Crippen molar-refractivity contribution in [3.8, 4) is 0 Å². The van der Waals surface area contributed by atoms with E-state index in [1.807, 2.05) is 0 Å². The first-order valence-corrected chi connectivity index (χ1v) is 9.26. The molecule has 1 aromatic rings. The predicted octanol–water partition coefficient (Wildman–Crippen LogP) is 5.18. The molecule has 4 nitrogen and oxygen atoms in total. The Hall–Kier alpha value is -1.84. The van der Waals surface area contributed by atoms with Gasteiger partial charge in [0.2, 0.25) is 0 Å². The summed E-state index contributed by atoms with van der Waals surface area (Å²) in [6.45, 7) is 11.1. The minimum absolute atomic E-state index is 0.290. The van der Waals surface area contributed by atoms with Crippen LogP contribution in [0.5, 0.6) is 0 Å². The summed E-state index contributed by atoms with van der Waals surface area (Å²) in [6.07, 6.45) is 3.66. The average Bonchev–Trinajstić information content (AvgIpc) is 2.54. The zero-order chi connectivity index (χ0) is 18.8. The van der Waals surface area contributed by atoms with E-state index in [1.165, 1.54) is 0 Å². The van der Waals surface area contributed by atoms with E-state index in [0.717, 1.165) is 31.2 Å². The van der Waals surface area contributed by atoms with Gasteiger partial charge in [-0.3, -0.25) is 0 Å². The highest BCUT2D eigenvalue weighted by Gasteiger charge is 2.21. The lowest BCUT2D eigenvalue weighted by Gasteiger charge is -2.13. The molecule has 0 aliphatic heterocycles. The van der Waals surface area contributed by atoms with Gasteiger partial charge in [-0.1, -0.05) is 39.8 Å². The molecular formula is C21H32O4. The van der Waals surface area contributed by atoms with Gasteiger partial charge in [-0.15, -0.1) is 0 Å². The number of esters is 2. The molecule has 0 aliphatic rings. The fourth-order valence-electron chi connectivity index (χ4n) is 2.57. The average molecular weight is 348 g/mol. The topological polar surface area (TPSA) is 52.6 Å². The molecular weight excluding hydrogens is 316 g/mol. The van der Waals surface area contributed by atoms with Crippen LogP contribution in [0.3, 0.4) is 0 Å². The van der Waals surface area contributed by atoms with Gasteiger partial charge < -0.3 is 9.47 Å². The van der Waals surface area contributed by atoms with Crippen molar-refractivity contribution in [2.75, 3.05) is 13.2 Å². The van der Waals surface area contributed by atoms with Crippen LogP contribution in [0, 0.1) is 18.8 Å². The van der Waals surface area contributed by atoms with E-state index in [2.05, 4.69) is 27.7 Å². The lowest BCUT2D eigenvalue weighted by atomic mass is 10.0. The molecule has 1 rings (SSSR count). The molecule has 0 amide bonds. The standard InChI is InChI=1S/C21H32O4/c1-15(2)9-7-13-24-20(22)18-12-6-11-17(5)19(18)21(23)25-14-8-10-16(3)4/h6,11-12,15-16H,7-10,13-14H2,1-5H3. The first kappa shape index (κ1) is 21.2. The Labute approximate surface area is 151 Å². The van der Waals surface area contributed by atoms with Crippen LogP contribution in [0.2, 0.25) is 0 Å². The molecule has 0 N–H and O–H groups in total. The van der Waals surface area contributed by atoms with E-state index in [9.17, 15) is 9.59 Å². The first-order valence-electron chi connectivity index (χ1n) is 9.26. The maximum atomic E-state index is 12.4. The van der Waals surface area contributed by atoms with Crippen molar-refractivity contribution in [1.82, 2.24) is 0 Å². The fraction of sp³-hybridized carbons (Fsp3) is 0.619. The Balaban J connectivity index is 2.69. The number of rotatable bonds is 10. The van der Waals surface area contributed by atoms with Crippen molar-refractivity contribution in [1.29, 1.82) is 0 Å². The second kappa shape index (κ2) is 10.9. The SMILES string of the molecule is Cc1cccc(C(=O)OCCCC(C)C)c1C(=O)OCCCC(C)C. The van der Waals surface area contributed by atoms with Gasteiger partial charge in [0.05, 0.1) is 24.3 Å². The van der Waals surface area contributed by atoms with Crippen molar-refractivity contribution in [2.24, 2.45) is 11.8 Å². The molecule has 0 saturated heterocycles. The zero-order valence-electron chi connectivity index (χ0n) is 16.3. The fourth-order valence-corrected chi connectivity index (χ4v) is 2.57. The number of aryl methyl sites for hydroxylation is 1. The van der Waals surface area contributed by atoms with E-state index in [0.29, 0.717) is 36.2 Å². The zero-order valence-corrected chi connectivity index (χ0v) is 16.3. The molecule has 0 atom stereocenters. The Morgan fingerprint density at radius 2 is 1.40 bits per heavy atom. The van der Waals surface area contributed by atoms with Gasteiger partial charge in [-0.25, -0.2) is 9.59 Å². The quantitative estimate of drug-likeness (QED) is 0.432. The maximum absolute atomic E-state index is 12.4. The summed E-state index contributed by atoms with van der Waals surface area (Å²) in [5.41, 5.74) is 1.34. The Morgan fingerprint density at radius 3 is 1.92 bits per heavy atom. The third-order valence-electron chi connectivity index (χ3n) is 4.01. The lowest BCUT2D eigenvalue weighted by molar-refractivity contribution is 0.0447. The van der Waals surface area contributed by atoms with E-state index in [4.69, 9.17) is 9.47 Å². The van der Waals surface area contributed by atoms with Crippen molar-refractivity contribution in [3.63, 3.8) is 0 Å². The number of carbonyl (C=O) groups is 2. The number of hydrogen-bond acceptors (Lipinski definition) is 4. The van der Waals surface area contributed by atoms with Gasteiger partial charge in [-0.05, 0) is 56.1 Å². The number of hydrogen-bond donors (Lipinski definition) is 0. The maximum Gasteiger partial charge on any atom is 0.339 e. The van der Waals surface area contributed by atoms with Crippen molar-refractivity contribution >= 4 is 11.9 Å². The van der Waals surface area contributed by atoms with Crippen molar-refractivity contribution in [3.05, 3.63) is 34.9 Å². The number of benzene rings is 1. The van der Waals surface area contributed by atoms with Gasteiger partial charge in [0.15, 0.2) is 0 Å². The van der Waals surface area contributed by atoms with Gasteiger partial charge in [0.25, 0.3) is 0 Å². The highest BCUT2D eigenvalue weighted by Crippen LogP contribution is 2.18. The summed E-state index contributed by atoms with van der Waals surface area (Å²) in [7, 11) is 0. The Kier molecular flexibility index (Phi) is 9.25. The molecule has 0 radical (unpaired) electrons. The van der Waals surface area contributed by atoms with Crippen LogP contribution in [0.1, 0.15) is 79.7 Å². The summed E-state index contributed by atoms with van der Waals surface area (Å²) in [4.78, 5) is 24.8. The van der Waals surface area contributed by atoms with E-state index in [1.54, 1.807) is 25.1 Å². The van der Waals surface area contributed by atoms with Gasteiger partial charge in [-0.2, -0.15) is 0 Å². The molecule has 0 saturated carbocycles. The van der Waals surface area contributed by atoms with E-state index >= 15 is 0 Å². The largest absolute Gasteiger partial charge is 0.462 e.